The number of benzene rings is 1. The van der Waals surface area contributed by atoms with Gasteiger partial charge in [0.2, 0.25) is 0 Å². The zero-order valence-electron chi connectivity index (χ0n) is 10.4. The van der Waals surface area contributed by atoms with Gasteiger partial charge >= 0.3 is 0 Å². The fourth-order valence-corrected chi connectivity index (χ4v) is 2.21. The Morgan fingerprint density at radius 1 is 1.22 bits per heavy atom. The second-order valence-electron chi connectivity index (χ2n) is 4.69. The predicted octanol–water partition coefficient (Wildman–Crippen LogP) is 2.22. The van der Waals surface area contributed by atoms with Crippen molar-refractivity contribution in [1.82, 2.24) is 5.32 Å². The van der Waals surface area contributed by atoms with Crippen molar-refractivity contribution in [3.8, 4) is 11.5 Å². The van der Waals surface area contributed by atoms with Crippen molar-refractivity contribution >= 4 is 5.91 Å². The highest BCUT2D eigenvalue weighted by molar-refractivity contribution is 5.77. The van der Waals surface area contributed by atoms with Crippen LogP contribution in [0.4, 0.5) is 0 Å². The van der Waals surface area contributed by atoms with Gasteiger partial charge in [0.15, 0.2) is 6.61 Å². The first-order chi connectivity index (χ1) is 8.74. The summed E-state index contributed by atoms with van der Waals surface area (Å²) < 4.78 is 5.34. The summed E-state index contributed by atoms with van der Waals surface area (Å²) in [7, 11) is 0. The maximum Gasteiger partial charge on any atom is 0.258 e. The Morgan fingerprint density at radius 2 is 1.89 bits per heavy atom. The van der Waals surface area contributed by atoms with E-state index in [1.165, 1.54) is 31.4 Å². The number of hydrogen-bond donors (Lipinski definition) is 2. The molecule has 0 aromatic heterocycles. The topological polar surface area (TPSA) is 58.6 Å². The number of carbonyl (C=O) groups is 1. The van der Waals surface area contributed by atoms with Gasteiger partial charge in [0.25, 0.3) is 5.91 Å². The standard InChI is InChI=1S/C14H19NO3/c16-12-6-8-13(9-7-12)18-10-14(17)15-11-4-2-1-3-5-11/h6-9,11,16H,1-5,10H2,(H,15,17). The van der Waals surface area contributed by atoms with Gasteiger partial charge in [-0.1, -0.05) is 19.3 Å². The van der Waals surface area contributed by atoms with E-state index in [1.54, 1.807) is 12.1 Å². The lowest BCUT2D eigenvalue weighted by Gasteiger charge is -2.22. The summed E-state index contributed by atoms with van der Waals surface area (Å²) in [5.41, 5.74) is 0. The first-order valence-corrected chi connectivity index (χ1v) is 6.45. The number of phenolic OH excluding ortho intramolecular Hbond substituents is 1. The van der Waals surface area contributed by atoms with Gasteiger partial charge in [-0.2, -0.15) is 0 Å². The molecule has 0 heterocycles. The summed E-state index contributed by atoms with van der Waals surface area (Å²) >= 11 is 0. The molecule has 0 spiro atoms. The minimum absolute atomic E-state index is 0.0290. The molecule has 1 amide bonds. The molecule has 0 radical (unpaired) electrons. The van der Waals surface area contributed by atoms with Crippen LogP contribution in [-0.2, 0) is 4.79 Å². The number of hydrogen-bond acceptors (Lipinski definition) is 3. The van der Waals surface area contributed by atoms with Crippen molar-refractivity contribution < 1.29 is 14.6 Å². The van der Waals surface area contributed by atoms with E-state index in [0.29, 0.717) is 11.8 Å². The fourth-order valence-electron chi connectivity index (χ4n) is 2.21. The van der Waals surface area contributed by atoms with E-state index in [-0.39, 0.29) is 18.3 Å². The first-order valence-electron chi connectivity index (χ1n) is 6.45. The summed E-state index contributed by atoms with van der Waals surface area (Å²) in [4.78, 5) is 11.7. The number of rotatable bonds is 4. The normalized spacial score (nSPS) is 16.2. The van der Waals surface area contributed by atoms with Crippen molar-refractivity contribution in [1.29, 1.82) is 0 Å². The Bertz CT molecular complexity index is 383. The largest absolute Gasteiger partial charge is 0.508 e. The molecule has 98 valence electrons. The van der Waals surface area contributed by atoms with Gasteiger partial charge in [-0.05, 0) is 37.1 Å². The maximum atomic E-state index is 11.7. The van der Waals surface area contributed by atoms with Crippen LogP contribution in [0.1, 0.15) is 32.1 Å². The minimum atomic E-state index is -0.0741. The molecule has 4 nitrogen and oxygen atoms in total. The molecule has 1 aliphatic rings. The van der Waals surface area contributed by atoms with Crippen molar-refractivity contribution in [3.05, 3.63) is 24.3 Å². The van der Waals surface area contributed by atoms with Crippen LogP contribution < -0.4 is 10.1 Å². The monoisotopic (exact) mass is 249 g/mol. The third-order valence-corrected chi connectivity index (χ3v) is 3.18. The van der Waals surface area contributed by atoms with Crippen LogP contribution >= 0.6 is 0 Å². The number of amides is 1. The van der Waals surface area contributed by atoms with Gasteiger partial charge in [0.1, 0.15) is 11.5 Å². The van der Waals surface area contributed by atoms with Crippen LogP contribution in [0.25, 0.3) is 0 Å². The van der Waals surface area contributed by atoms with E-state index in [0.717, 1.165) is 12.8 Å². The van der Waals surface area contributed by atoms with Crippen molar-refractivity contribution in [2.24, 2.45) is 0 Å². The first kappa shape index (κ1) is 12.7. The van der Waals surface area contributed by atoms with Gasteiger partial charge in [0.05, 0.1) is 0 Å². The SMILES string of the molecule is O=C(COc1ccc(O)cc1)NC1CCCCC1. The molecule has 18 heavy (non-hydrogen) atoms. The summed E-state index contributed by atoms with van der Waals surface area (Å²) in [6.07, 6.45) is 5.82. The molecule has 0 atom stereocenters. The maximum absolute atomic E-state index is 11.7. The molecule has 1 aromatic rings. The highest BCUT2D eigenvalue weighted by Crippen LogP contribution is 2.18. The summed E-state index contributed by atoms with van der Waals surface area (Å²) in [5, 5.41) is 12.1. The zero-order chi connectivity index (χ0) is 12.8. The Balaban J connectivity index is 1.72. The number of carbonyl (C=O) groups excluding carboxylic acids is 1. The second-order valence-corrected chi connectivity index (χ2v) is 4.69. The van der Waals surface area contributed by atoms with Crippen molar-refractivity contribution in [2.45, 2.75) is 38.1 Å². The summed E-state index contributed by atoms with van der Waals surface area (Å²) in [6, 6.07) is 6.67. The smallest absolute Gasteiger partial charge is 0.258 e. The van der Waals surface area contributed by atoms with E-state index < -0.39 is 0 Å². The Morgan fingerprint density at radius 3 is 2.56 bits per heavy atom. The molecule has 0 unspecified atom stereocenters. The second kappa shape index (κ2) is 6.28. The molecule has 1 aliphatic carbocycles. The molecule has 1 aromatic carbocycles. The summed E-state index contributed by atoms with van der Waals surface area (Å²) in [5.74, 6) is 0.704. The lowest BCUT2D eigenvalue weighted by molar-refractivity contribution is -0.124. The molecular formula is C14H19NO3. The van der Waals surface area contributed by atoms with E-state index in [1.807, 2.05) is 0 Å². The fraction of sp³-hybridized carbons (Fsp3) is 0.500. The Labute approximate surface area is 107 Å². The van der Waals surface area contributed by atoms with Crippen LogP contribution in [0.15, 0.2) is 24.3 Å². The molecule has 1 fully saturated rings. The van der Waals surface area contributed by atoms with Crippen molar-refractivity contribution in [2.75, 3.05) is 6.61 Å². The number of ether oxygens (including phenoxy) is 1. The molecule has 0 bridgehead atoms. The quantitative estimate of drug-likeness (QED) is 0.860. The highest BCUT2D eigenvalue weighted by Gasteiger charge is 2.15. The van der Waals surface area contributed by atoms with Gasteiger partial charge in [-0.25, -0.2) is 0 Å². The number of phenols is 1. The minimum Gasteiger partial charge on any atom is -0.508 e. The van der Waals surface area contributed by atoms with E-state index in [9.17, 15) is 4.79 Å². The predicted molar refractivity (Wildman–Crippen MR) is 68.6 cm³/mol. The van der Waals surface area contributed by atoms with Crippen LogP contribution in [0.3, 0.4) is 0 Å². The van der Waals surface area contributed by atoms with Crippen molar-refractivity contribution in [3.63, 3.8) is 0 Å². The van der Waals surface area contributed by atoms with Gasteiger partial charge in [-0.3, -0.25) is 4.79 Å². The van der Waals surface area contributed by atoms with Crippen LogP contribution in [0.2, 0.25) is 0 Å². The summed E-state index contributed by atoms with van der Waals surface area (Å²) in [6.45, 7) is 0.0290. The average Bonchev–Trinajstić information content (AvgIpc) is 2.39. The number of nitrogens with one attached hydrogen (secondary N) is 1. The third kappa shape index (κ3) is 3.95. The number of aromatic hydroxyl groups is 1. The Kier molecular flexibility index (Phi) is 4.45. The van der Waals surface area contributed by atoms with Gasteiger partial charge in [-0.15, -0.1) is 0 Å². The molecule has 2 N–H and O–H groups in total. The highest BCUT2D eigenvalue weighted by atomic mass is 16.5. The van der Waals surface area contributed by atoms with Crippen LogP contribution in [-0.4, -0.2) is 23.7 Å². The molecule has 4 heteroatoms. The average molecular weight is 249 g/mol. The van der Waals surface area contributed by atoms with E-state index >= 15 is 0 Å². The van der Waals surface area contributed by atoms with Crippen LogP contribution in [0, 0.1) is 0 Å². The molecule has 0 aliphatic heterocycles. The van der Waals surface area contributed by atoms with Gasteiger partial charge < -0.3 is 15.2 Å². The zero-order valence-corrected chi connectivity index (χ0v) is 10.4. The molecule has 0 saturated heterocycles. The molecule has 1 saturated carbocycles. The molecular weight excluding hydrogens is 230 g/mol. The lowest BCUT2D eigenvalue weighted by atomic mass is 9.95. The van der Waals surface area contributed by atoms with E-state index in [2.05, 4.69) is 5.32 Å². The lowest BCUT2D eigenvalue weighted by Crippen LogP contribution is -2.38. The third-order valence-electron chi connectivity index (χ3n) is 3.18. The Hall–Kier alpha value is -1.71. The van der Waals surface area contributed by atoms with Crippen LogP contribution in [0.5, 0.6) is 11.5 Å². The molecule has 2 rings (SSSR count). The van der Waals surface area contributed by atoms with Gasteiger partial charge in [0, 0.05) is 6.04 Å². The van der Waals surface area contributed by atoms with E-state index in [4.69, 9.17) is 9.84 Å².